The zero-order chi connectivity index (χ0) is 14.5. The summed E-state index contributed by atoms with van der Waals surface area (Å²) in [6.45, 7) is 5.26. The van der Waals surface area contributed by atoms with E-state index in [0.29, 0.717) is 19.3 Å². The molecule has 1 N–H and O–H groups in total. The van der Waals surface area contributed by atoms with Crippen molar-refractivity contribution in [2.24, 2.45) is 5.92 Å². The van der Waals surface area contributed by atoms with Gasteiger partial charge in [-0.3, -0.25) is 9.59 Å². The van der Waals surface area contributed by atoms with Crippen LogP contribution < -0.4 is 5.32 Å². The van der Waals surface area contributed by atoms with Crippen LogP contribution in [0.5, 0.6) is 0 Å². The quantitative estimate of drug-likeness (QED) is 0.799. The summed E-state index contributed by atoms with van der Waals surface area (Å²) < 4.78 is 5.79. The fraction of sp³-hybridized carbons (Fsp3) is 0.867. The van der Waals surface area contributed by atoms with Crippen molar-refractivity contribution in [1.29, 1.82) is 0 Å². The van der Waals surface area contributed by atoms with Gasteiger partial charge < -0.3 is 15.0 Å². The van der Waals surface area contributed by atoms with Crippen molar-refractivity contribution < 1.29 is 14.3 Å². The minimum atomic E-state index is -0.368. The summed E-state index contributed by atoms with van der Waals surface area (Å²) in [6.07, 6.45) is 5.98. The number of carbonyl (C=O) groups excluding carboxylic acids is 2. The number of rotatable bonds is 6. The number of carbonyl (C=O) groups is 2. The first-order valence-corrected chi connectivity index (χ1v) is 7.81. The first kappa shape index (κ1) is 15.3. The van der Waals surface area contributed by atoms with Gasteiger partial charge in [0.15, 0.2) is 0 Å². The Kier molecular flexibility index (Phi) is 5.40. The van der Waals surface area contributed by atoms with Crippen molar-refractivity contribution in [3.8, 4) is 0 Å². The summed E-state index contributed by atoms with van der Waals surface area (Å²) in [6, 6.07) is -0.368. The van der Waals surface area contributed by atoms with Gasteiger partial charge in [0.05, 0.1) is 19.3 Å². The highest BCUT2D eigenvalue weighted by molar-refractivity contribution is 5.95. The Morgan fingerprint density at radius 1 is 1.35 bits per heavy atom. The Hall–Kier alpha value is -1.10. The normalized spacial score (nSPS) is 25.9. The van der Waals surface area contributed by atoms with Gasteiger partial charge in [-0.15, -0.1) is 0 Å². The summed E-state index contributed by atoms with van der Waals surface area (Å²) in [4.78, 5) is 25.7. The minimum absolute atomic E-state index is 0.0361. The summed E-state index contributed by atoms with van der Waals surface area (Å²) in [5.74, 6) is 0.148. The highest BCUT2D eigenvalue weighted by atomic mass is 16.5. The molecule has 114 valence electrons. The number of nitrogens with one attached hydrogen (secondary N) is 1. The lowest BCUT2D eigenvalue weighted by Gasteiger charge is -2.35. The van der Waals surface area contributed by atoms with E-state index < -0.39 is 0 Å². The average Bonchev–Trinajstić information content (AvgIpc) is 2.94. The van der Waals surface area contributed by atoms with Crippen LogP contribution in [0.3, 0.4) is 0 Å². The fourth-order valence-corrected chi connectivity index (χ4v) is 2.92. The number of nitrogens with zero attached hydrogens (tertiary/aromatic N) is 1. The van der Waals surface area contributed by atoms with E-state index >= 15 is 0 Å². The minimum Gasteiger partial charge on any atom is -0.376 e. The first-order chi connectivity index (χ1) is 9.61. The van der Waals surface area contributed by atoms with Gasteiger partial charge in [0.1, 0.15) is 6.04 Å². The van der Waals surface area contributed by atoms with Crippen molar-refractivity contribution >= 4 is 11.8 Å². The molecular weight excluding hydrogens is 256 g/mol. The Bertz CT molecular complexity index is 353. The molecule has 1 aliphatic carbocycles. The van der Waals surface area contributed by atoms with E-state index in [0.717, 1.165) is 19.3 Å². The van der Waals surface area contributed by atoms with Crippen molar-refractivity contribution in [3.63, 3.8) is 0 Å². The smallest absolute Gasteiger partial charge is 0.245 e. The molecule has 2 amide bonds. The molecule has 2 fully saturated rings. The molecule has 2 atom stereocenters. The lowest BCUT2D eigenvalue weighted by molar-refractivity contribution is -0.146. The monoisotopic (exact) mass is 282 g/mol. The number of amides is 2. The molecule has 0 radical (unpaired) electrons. The molecule has 1 heterocycles. The third-order valence-corrected chi connectivity index (χ3v) is 4.46. The van der Waals surface area contributed by atoms with Crippen LogP contribution in [-0.4, -0.2) is 48.6 Å². The average molecular weight is 282 g/mol. The Morgan fingerprint density at radius 2 is 2.05 bits per heavy atom. The van der Waals surface area contributed by atoms with E-state index in [9.17, 15) is 9.59 Å². The molecule has 20 heavy (non-hydrogen) atoms. The number of piperazine rings is 1. The Labute approximate surface area is 121 Å². The molecular formula is C15H26N2O3. The van der Waals surface area contributed by atoms with Gasteiger partial charge in [-0.2, -0.15) is 0 Å². The van der Waals surface area contributed by atoms with Crippen LogP contribution in [0.4, 0.5) is 0 Å². The predicted molar refractivity (Wildman–Crippen MR) is 76.2 cm³/mol. The molecule has 2 aliphatic rings. The third-order valence-electron chi connectivity index (χ3n) is 4.46. The van der Waals surface area contributed by atoms with Gasteiger partial charge in [0.2, 0.25) is 11.8 Å². The van der Waals surface area contributed by atoms with E-state index in [-0.39, 0.29) is 30.3 Å². The van der Waals surface area contributed by atoms with E-state index in [1.807, 2.05) is 13.8 Å². The molecule has 2 unspecified atom stereocenters. The second-order valence-electron chi connectivity index (χ2n) is 5.97. The van der Waals surface area contributed by atoms with Crippen LogP contribution >= 0.6 is 0 Å². The zero-order valence-corrected chi connectivity index (χ0v) is 12.6. The molecule has 0 aromatic heterocycles. The van der Waals surface area contributed by atoms with Crippen LogP contribution in [0.15, 0.2) is 0 Å². The van der Waals surface area contributed by atoms with Crippen molar-refractivity contribution in [2.75, 3.05) is 19.7 Å². The van der Waals surface area contributed by atoms with E-state index in [1.54, 1.807) is 4.90 Å². The van der Waals surface area contributed by atoms with Gasteiger partial charge in [-0.25, -0.2) is 0 Å². The number of hydrogen-bond donors (Lipinski definition) is 1. The molecule has 1 saturated carbocycles. The zero-order valence-electron chi connectivity index (χ0n) is 12.6. The van der Waals surface area contributed by atoms with Crippen LogP contribution in [0.2, 0.25) is 0 Å². The predicted octanol–water partition coefficient (Wildman–Crippen LogP) is 1.32. The maximum atomic E-state index is 12.4. The first-order valence-electron chi connectivity index (χ1n) is 7.81. The topological polar surface area (TPSA) is 58.6 Å². The fourth-order valence-electron chi connectivity index (χ4n) is 2.92. The Balaban J connectivity index is 1.82. The highest BCUT2D eigenvalue weighted by Gasteiger charge is 2.35. The molecule has 0 aromatic carbocycles. The number of ether oxygens (including phenoxy) is 1. The van der Waals surface area contributed by atoms with E-state index in [4.69, 9.17) is 4.74 Å². The van der Waals surface area contributed by atoms with Gasteiger partial charge in [0, 0.05) is 6.54 Å². The molecule has 5 nitrogen and oxygen atoms in total. The molecule has 0 bridgehead atoms. The van der Waals surface area contributed by atoms with E-state index in [2.05, 4.69) is 5.32 Å². The van der Waals surface area contributed by atoms with Crippen LogP contribution in [0.25, 0.3) is 0 Å². The molecule has 1 saturated heterocycles. The van der Waals surface area contributed by atoms with Gasteiger partial charge in [0.25, 0.3) is 0 Å². The molecule has 0 spiro atoms. The molecule has 5 heteroatoms. The Morgan fingerprint density at radius 3 is 2.70 bits per heavy atom. The summed E-state index contributed by atoms with van der Waals surface area (Å²) >= 11 is 0. The lowest BCUT2D eigenvalue weighted by atomic mass is 9.96. The molecule has 0 aromatic rings. The summed E-state index contributed by atoms with van der Waals surface area (Å²) in [5, 5.41) is 2.81. The van der Waals surface area contributed by atoms with Gasteiger partial charge in [-0.05, 0) is 18.8 Å². The summed E-state index contributed by atoms with van der Waals surface area (Å²) in [7, 11) is 0. The maximum Gasteiger partial charge on any atom is 0.245 e. The molecule has 2 rings (SSSR count). The molecule has 1 aliphatic heterocycles. The standard InChI is InChI=1S/C15H26N2O3/c1-3-11(2)14-15(19)17(10-13(18)16-14)8-9-20-12-6-4-5-7-12/h11-12,14H,3-10H2,1-2H3,(H,16,18). The third kappa shape index (κ3) is 3.72. The largest absolute Gasteiger partial charge is 0.376 e. The maximum absolute atomic E-state index is 12.4. The van der Waals surface area contributed by atoms with Gasteiger partial charge >= 0.3 is 0 Å². The summed E-state index contributed by atoms with van der Waals surface area (Å²) in [5.41, 5.74) is 0. The second kappa shape index (κ2) is 7.07. The lowest BCUT2D eigenvalue weighted by Crippen LogP contribution is -2.60. The van der Waals surface area contributed by atoms with Gasteiger partial charge in [-0.1, -0.05) is 33.1 Å². The van der Waals surface area contributed by atoms with Crippen LogP contribution in [0, 0.1) is 5.92 Å². The highest BCUT2D eigenvalue weighted by Crippen LogP contribution is 2.21. The van der Waals surface area contributed by atoms with Crippen LogP contribution in [-0.2, 0) is 14.3 Å². The van der Waals surface area contributed by atoms with Crippen molar-refractivity contribution in [1.82, 2.24) is 10.2 Å². The van der Waals surface area contributed by atoms with E-state index in [1.165, 1.54) is 12.8 Å². The number of hydrogen-bond acceptors (Lipinski definition) is 3. The second-order valence-corrected chi connectivity index (χ2v) is 5.97. The van der Waals surface area contributed by atoms with Crippen molar-refractivity contribution in [2.45, 2.75) is 58.1 Å². The van der Waals surface area contributed by atoms with Crippen LogP contribution in [0.1, 0.15) is 46.0 Å². The van der Waals surface area contributed by atoms with Crippen molar-refractivity contribution in [3.05, 3.63) is 0 Å². The SMILES string of the molecule is CCC(C)C1NC(=O)CN(CCOC2CCCC2)C1=O.